The van der Waals surface area contributed by atoms with Gasteiger partial charge in [0.2, 0.25) is 0 Å². The first kappa shape index (κ1) is 12.0. The predicted molar refractivity (Wildman–Crippen MR) is 71.5 cm³/mol. The van der Waals surface area contributed by atoms with Crippen molar-refractivity contribution in [2.75, 3.05) is 0 Å². The van der Waals surface area contributed by atoms with Crippen LogP contribution < -0.4 is 16.0 Å². The lowest BCUT2D eigenvalue weighted by Gasteiger charge is -2.03. The second-order valence-electron chi connectivity index (χ2n) is 5.18. The summed E-state index contributed by atoms with van der Waals surface area (Å²) in [6.45, 7) is 2.30. The van der Waals surface area contributed by atoms with E-state index in [9.17, 15) is 14.4 Å². The van der Waals surface area contributed by atoms with Gasteiger partial charge < -0.3 is 15.1 Å². The molecule has 106 valence electrons. The number of urea groups is 1. The highest BCUT2D eigenvalue weighted by Gasteiger charge is 2.34. The van der Waals surface area contributed by atoms with Crippen LogP contribution in [-0.4, -0.2) is 17.8 Å². The van der Waals surface area contributed by atoms with Crippen LogP contribution in [-0.2, 0) is 11.3 Å². The van der Waals surface area contributed by atoms with Gasteiger partial charge in [-0.05, 0) is 24.6 Å². The smallest absolute Gasteiger partial charge is 0.322 e. The average Bonchev–Trinajstić information content (AvgIpc) is 3.08. The lowest BCUT2D eigenvalue weighted by Crippen LogP contribution is -2.22. The first-order valence-electron chi connectivity index (χ1n) is 6.50. The molecule has 2 aliphatic rings. The lowest BCUT2D eigenvalue weighted by molar-refractivity contribution is -0.120. The largest absolute Gasteiger partial charge is 0.458 e. The maximum atomic E-state index is 11.8. The molecule has 1 unspecified atom stereocenters. The van der Waals surface area contributed by atoms with E-state index in [4.69, 9.17) is 4.42 Å². The molecule has 3 N–H and O–H groups in total. The van der Waals surface area contributed by atoms with E-state index >= 15 is 0 Å². The van der Waals surface area contributed by atoms with Crippen LogP contribution in [0.1, 0.15) is 33.3 Å². The average molecular weight is 285 g/mol. The fourth-order valence-electron chi connectivity index (χ4n) is 2.92. The molecule has 2 aliphatic heterocycles. The Hall–Kier alpha value is -2.83. The molecule has 1 atom stereocenters. The number of fused-ring (bicyclic) bond motifs is 2. The highest BCUT2D eigenvalue weighted by molar-refractivity contribution is 6.06. The Morgan fingerprint density at radius 1 is 1.24 bits per heavy atom. The molecule has 0 aliphatic carbocycles. The van der Waals surface area contributed by atoms with Gasteiger partial charge in [0.1, 0.15) is 11.3 Å². The molecule has 0 spiro atoms. The van der Waals surface area contributed by atoms with Gasteiger partial charge in [-0.25, -0.2) is 4.79 Å². The number of furan rings is 1. The monoisotopic (exact) mass is 285 g/mol. The molecule has 0 radical (unpaired) electrons. The highest BCUT2D eigenvalue weighted by Crippen LogP contribution is 2.33. The minimum atomic E-state index is -0.826. The molecular formula is C14H11N3O4. The van der Waals surface area contributed by atoms with E-state index in [1.807, 2.05) is 13.0 Å². The summed E-state index contributed by atoms with van der Waals surface area (Å²) in [4.78, 5) is 34.7. The van der Waals surface area contributed by atoms with Crippen molar-refractivity contribution in [3.8, 4) is 0 Å². The summed E-state index contributed by atoms with van der Waals surface area (Å²) in [7, 11) is 0. The van der Waals surface area contributed by atoms with Gasteiger partial charge in [-0.1, -0.05) is 0 Å². The minimum Gasteiger partial charge on any atom is -0.458 e. The van der Waals surface area contributed by atoms with Crippen LogP contribution >= 0.6 is 0 Å². The van der Waals surface area contributed by atoms with Crippen LogP contribution in [0.2, 0.25) is 0 Å². The molecule has 7 nitrogen and oxygen atoms in total. The zero-order valence-corrected chi connectivity index (χ0v) is 11.1. The van der Waals surface area contributed by atoms with E-state index in [0.717, 1.165) is 16.5 Å². The Balaban J connectivity index is 1.88. The number of rotatable bonds is 1. The third-order valence-electron chi connectivity index (χ3n) is 3.87. The first-order valence-corrected chi connectivity index (χ1v) is 6.50. The molecule has 0 saturated carbocycles. The normalized spacial score (nSPS) is 20.4. The molecule has 3 heterocycles. The van der Waals surface area contributed by atoms with Crippen LogP contribution in [0.4, 0.5) is 4.79 Å². The topological polar surface area (TPSA) is 100 Å². The number of imide groups is 1. The van der Waals surface area contributed by atoms with Gasteiger partial charge in [-0.15, -0.1) is 0 Å². The lowest BCUT2D eigenvalue weighted by atomic mass is 10.0. The van der Waals surface area contributed by atoms with Crippen molar-refractivity contribution in [1.29, 1.82) is 0 Å². The van der Waals surface area contributed by atoms with Gasteiger partial charge in [0, 0.05) is 17.5 Å². The van der Waals surface area contributed by atoms with E-state index in [-0.39, 0.29) is 5.91 Å². The summed E-state index contributed by atoms with van der Waals surface area (Å²) < 4.78 is 5.72. The number of carbonyl (C=O) groups is 3. The van der Waals surface area contributed by atoms with Crippen molar-refractivity contribution >= 4 is 28.8 Å². The second-order valence-corrected chi connectivity index (χ2v) is 5.18. The molecule has 7 heteroatoms. The summed E-state index contributed by atoms with van der Waals surface area (Å²) in [5, 5.41) is 8.24. The van der Waals surface area contributed by atoms with Crippen LogP contribution in [0.25, 0.3) is 11.0 Å². The van der Waals surface area contributed by atoms with Crippen molar-refractivity contribution in [2.45, 2.75) is 19.5 Å². The first-order chi connectivity index (χ1) is 10.0. The highest BCUT2D eigenvalue weighted by atomic mass is 16.3. The number of amides is 4. The molecule has 2 aromatic rings. The summed E-state index contributed by atoms with van der Waals surface area (Å²) in [6, 6.07) is 2.23. The van der Waals surface area contributed by atoms with Gasteiger partial charge >= 0.3 is 6.03 Å². The van der Waals surface area contributed by atoms with E-state index in [1.54, 1.807) is 6.07 Å². The molecule has 1 saturated heterocycles. The summed E-state index contributed by atoms with van der Waals surface area (Å²) >= 11 is 0. The summed E-state index contributed by atoms with van der Waals surface area (Å²) in [5.74, 6) is -0.197. The molecule has 1 aromatic carbocycles. The van der Waals surface area contributed by atoms with Crippen molar-refractivity contribution in [2.24, 2.45) is 0 Å². The van der Waals surface area contributed by atoms with Gasteiger partial charge in [0.25, 0.3) is 11.8 Å². The van der Waals surface area contributed by atoms with Crippen molar-refractivity contribution < 1.29 is 18.8 Å². The summed E-state index contributed by atoms with van der Waals surface area (Å²) in [6.07, 6.45) is 0. The number of carbonyl (C=O) groups excluding carboxylic acids is 3. The quantitative estimate of drug-likeness (QED) is 0.677. The molecule has 21 heavy (non-hydrogen) atoms. The van der Waals surface area contributed by atoms with E-state index in [2.05, 4.69) is 16.0 Å². The maximum Gasteiger partial charge on any atom is 0.322 e. The Labute approximate surface area is 118 Å². The van der Waals surface area contributed by atoms with Crippen LogP contribution in [0.5, 0.6) is 0 Å². The fraction of sp³-hybridized carbons (Fsp3) is 0.214. The van der Waals surface area contributed by atoms with Crippen molar-refractivity contribution in [3.63, 3.8) is 0 Å². The number of aryl methyl sites for hydroxylation is 1. The molecular weight excluding hydrogens is 274 g/mol. The number of hydrogen-bond acceptors (Lipinski definition) is 4. The Bertz CT molecular complexity index is 836. The van der Waals surface area contributed by atoms with Gasteiger partial charge in [-0.2, -0.15) is 0 Å². The van der Waals surface area contributed by atoms with E-state index in [0.29, 0.717) is 23.5 Å². The van der Waals surface area contributed by atoms with Crippen molar-refractivity contribution in [3.05, 3.63) is 34.6 Å². The maximum absolute atomic E-state index is 11.8. The zero-order chi connectivity index (χ0) is 14.7. The minimum absolute atomic E-state index is 0.116. The second kappa shape index (κ2) is 3.85. The molecule has 0 bridgehead atoms. The number of hydrogen-bond donors (Lipinski definition) is 3. The molecule has 4 rings (SSSR count). The van der Waals surface area contributed by atoms with Gasteiger partial charge in [0.15, 0.2) is 6.04 Å². The standard InChI is InChI=1S/C14H11N3O4/c1-5-9-7(4-15-12(9)18)2-6-3-8(21-11(5)6)10-13(19)17-14(20)16-10/h2-3,10H,4H2,1H3,(H,15,18)(H2,16,17,19,20). The Kier molecular flexibility index (Phi) is 2.19. The van der Waals surface area contributed by atoms with Crippen LogP contribution in [0.15, 0.2) is 16.5 Å². The predicted octanol–water partition coefficient (Wildman–Crippen LogP) is 0.865. The molecule has 1 fully saturated rings. The zero-order valence-electron chi connectivity index (χ0n) is 11.1. The van der Waals surface area contributed by atoms with Crippen LogP contribution in [0, 0.1) is 6.92 Å². The SMILES string of the molecule is Cc1c2c(cc3cc(C4NC(=O)NC4=O)oc13)CNC2=O. The Morgan fingerprint density at radius 2 is 2.05 bits per heavy atom. The van der Waals surface area contributed by atoms with E-state index in [1.165, 1.54) is 0 Å². The third kappa shape index (κ3) is 1.57. The Morgan fingerprint density at radius 3 is 2.76 bits per heavy atom. The van der Waals surface area contributed by atoms with Gasteiger partial charge in [0.05, 0.1) is 5.56 Å². The van der Waals surface area contributed by atoms with Gasteiger partial charge in [-0.3, -0.25) is 14.9 Å². The molecule has 1 aromatic heterocycles. The van der Waals surface area contributed by atoms with Crippen molar-refractivity contribution in [1.82, 2.24) is 16.0 Å². The number of nitrogens with one attached hydrogen (secondary N) is 3. The van der Waals surface area contributed by atoms with Crippen LogP contribution in [0.3, 0.4) is 0 Å². The number of benzene rings is 1. The van der Waals surface area contributed by atoms with E-state index < -0.39 is 18.0 Å². The third-order valence-corrected chi connectivity index (χ3v) is 3.87. The fourth-order valence-corrected chi connectivity index (χ4v) is 2.92. The molecule has 4 amide bonds. The summed E-state index contributed by atoms with van der Waals surface area (Å²) in [5.41, 5.74) is 2.85.